The maximum atomic E-state index is 12.2. The fourth-order valence-corrected chi connectivity index (χ4v) is 2.82. The number of nitrogens with zero attached hydrogens (tertiary/aromatic N) is 1. The molecule has 3 amide bonds. The molecule has 1 fully saturated rings. The lowest BCUT2D eigenvalue weighted by atomic mass is 10.1. The molecule has 1 heterocycles. The molecule has 3 N–H and O–H groups in total. The third kappa shape index (κ3) is 4.77. The normalized spacial score (nSPS) is 19.9. The van der Waals surface area contributed by atoms with Crippen molar-refractivity contribution in [2.45, 2.75) is 45.8 Å². The maximum absolute atomic E-state index is 12.2. The molecule has 0 bridgehead atoms. The summed E-state index contributed by atoms with van der Waals surface area (Å²) in [6, 6.07) is 4.71. The molecular weight excluding hydrogens is 294 g/mol. The molecule has 6 nitrogen and oxygen atoms in total. The zero-order valence-electron chi connectivity index (χ0n) is 13.9. The van der Waals surface area contributed by atoms with Crippen LogP contribution in [0.5, 0.6) is 0 Å². The number of nitrogens with one attached hydrogen (secondary N) is 2. The Bertz CT molecular complexity index is 588. The van der Waals surface area contributed by atoms with E-state index in [1.807, 2.05) is 36.9 Å². The van der Waals surface area contributed by atoms with E-state index in [1.54, 1.807) is 6.92 Å². The van der Waals surface area contributed by atoms with Crippen molar-refractivity contribution >= 4 is 17.6 Å². The van der Waals surface area contributed by atoms with Crippen LogP contribution in [0.4, 0.5) is 10.5 Å². The first-order chi connectivity index (χ1) is 10.9. The number of piperidine rings is 1. The van der Waals surface area contributed by atoms with E-state index in [0.29, 0.717) is 12.2 Å². The lowest BCUT2D eigenvalue weighted by Crippen LogP contribution is -2.51. The summed E-state index contributed by atoms with van der Waals surface area (Å²) in [6.07, 6.45) is 1.22. The molecule has 0 aromatic heterocycles. The SMILES string of the molecule is Cc1ccc(NC(=O)NC(=O)C(C)N2CCCC(O)C2)c(C)c1. The van der Waals surface area contributed by atoms with E-state index in [0.717, 1.165) is 30.5 Å². The molecule has 0 radical (unpaired) electrons. The van der Waals surface area contributed by atoms with Crippen molar-refractivity contribution in [1.82, 2.24) is 10.2 Å². The van der Waals surface area contributed by atoms with Gasteiger partial charge >= 0.3 is 6.03 Å². The van der Waals surface area contributed by atoms with E-state index in [-0.39, 0.29) is 5.91 Å². The van der Waals surface area contributed by atoms with E-state index in [9.17, 15) is 14.7 Å². The second-order valence-corrected chi connectivity index (χ2v) is 6.23. The number of imide groups is 1. The molecule has 23 heavy (non-hydrogen) atoms. The molecule has 1 aromatic rings. The van der Waals surface area contributed by atoms with Crippen molar-refractivity contribution in [3.05, 3.63) is 29.3 Å². The van der Waals surface area contributed by atoms with Gasteiger partial charge in [-0.1, -0.05) is 17.7 Å². The zero-order chi connectivity index (χ0) is 17.0. The van der Waals surface area contributed by atoms with Crippen LogP contribution in [0.15, 0.2) is 18.2 Å². The molecule has 0 aliphatic carbocycles. The first-order valence-corrected chi connectivity index (χ1v) is 7.98. The van der Waals surface area contributed by atoms with Crippen LogP contribution in [-0.4, -0.2) is 47.2 Å². The van der Waals surface area contributed by atoms with Gasteiger partial charge in [0.15, 0.2) is 0 Å². The number of urea groups is 1. The largest absolute Gasteiger partial charge is 0.392 e. The Morgan fingerprint density at radius 2 is 2.09 bits per heavy atom. The molecule has 1 aliphatic heterocycles. The van der Waals surface area contributed by atoms with Gasteiger partial charge in [0, 0.05) is 12.2 Å². The number of aliphatic hydroxyl groups is 1. The van der Waals surface area contributed by atoms with Gasteiger partial charge in [-0.3, -0.25) is 15.0 Å². The van der Waals surface area contributed by atoms with Crippen molar-refractivity contribution < 1.29 is 14.7 Å². The predicted octanol–water partition coefficient (Wildman–Crippen LogP) is 1.80. The Morgan fingerprint density at radius 1 is 1.35 bits per heavy atom. The first-order valence-electron chi connectivity index (χ1n) is 7.98. The van der Waals surface area contributed by atoms with E-state index in [1.165, 1.54) is 0 Å². The number of carbonyl (C=O) groups is 2. The number of aliphatic hydroxyl groups excluding tert-OH is 1. The number of β-amino-alcohol motifs (C(OH)–C–C–N with tert-alkyl or cyclic N) is 1. The van der Waals surface area contributed by atoms with Gasteiger partial charge in [0.25, 0.3) is 0 Å². The second-order valence-electron chi connectivity index (χ2n) is 6.23. The third-order valence-corrected chi connectivity index (χ3v) is 4.22. The van der Waals surface area contributed by atoms with Crippen LogP contribution in [0, 0.1) is 13.8 Å². The van der Waals surface area contributed by atoms with E-state index in [2.05, 4.69) is 10.6 Å². The number of amides is 3. The molecule has 2 unspecified atom stereocenters. The van der Waals surface area contributed by atoms with Crippen LogP contribution >= 0.6 is 0 Å². The third-order valence-electron chi connectivity index (χ3n) is 4.22. The van der Waals surface area contributed by atoms with Gasteiger partial charge in [0.05, 0.1) is 12.1 Å². The smallest absolute Gasteiger partial charge is 0.325 e. The van der Waals surface area contributed by atoms with Gasteiger partial charge in [0.2, 0.25) is 5.91 Å². The zero-order valence-corrected chi connectivity index (χ0v) is 13.9. The molecular formula is C17H25N3O3. The molecule has 0 saturated carbocycles. The summed E-state index contributed by atoms with van der Waals surface area (Å²) in [5, 5.41) is 14.8. The van der Waals surface area contributed by atoms with Gasteiger partial charge in [0.1, 0.15) is 0 Å². The van der Waals surface area contributed by atoms with Gasteiger partial charge < -0.3 is 10.4 Å². The van der Waals surface area contributed by atoms with Gasteiger partial charge in [-0.05, 0) is 51.8 Å². The fourth-order valence-electron chi connectivity index (χ4n) is 2.82. The number of aryl methyl sites for hydroxylation is 2. The lowest BCUT2D eigenvalue weighted by Gasteiger charge is -2.33. The second kappa shape index (κ2) is 7.57. The average molecular weight is 319 g/mol. The number of hydrogen-bond donors (Lipinski definition) is 3. The molecule has 6 heteroatoms. The number of carbonyl (C=O) groups excluding carboxylic acids is 2. The quantitative estimate of drug-likeness (QED) is 0.793. The van der Waals surface area contributed by atoms with Crippen LogP contribution < -0.4 is 10.6 Å². The van der Waals surface area contributed by atoms with Crippen molar-refractivity contribution in [1.29, 1.82) is 0 Å². The number of anilines is 1. The summed E-state index contributed by atoms with van der Waals surface area (Å²) < 4.78 is 0. The minimum atomic E-state index is -0.536. The predicted molar refractivity (Wildman–Crippen MR) is 89.4 cm³/mol. The van der Waals surface area contributed by atoms with E-state index < -0.39 is 18.2 Å². The highest BCUT2D eigenvalue weighted by atomic mass is 16.3. The van der Waals surface area contributed by atoms with Gasteiger partial charge in [-0.25, -0.2) is 4.79 Å². The van der Waals surface area contributed by atoms with E-state index in [4.69, 9.17) is 0 Å². The molecule has 2 rings (SSSR count). The summed E-state index contributed by atoms with van der Waals surface area (Å²) >= 11 is 0. The highest BCUT2D eigenvalue weighted by Gasteiger charge is 2.27. The first kappa shape index (κ1) is 17.4. The monoisotopic (exact) mass is 319 g/mol. The van der Waals surface area contributed by atoms with Crippen LogP contribution in [0.3, 0.4) is 0 Å². The van der Waals surface area contributed by atoms with Crippen molar-refractivity contribution in [2.24, 2.45) is 0 Å². The summed E-state index contributed by atoms with van der Waals surface area (Å²) in [5.41, 5.74) is 2.74. The number of likely N-dealkylation sites (tertiary alicyclic amines) is 1. The van der Waals surface area contributed by atoms with Crippen molar-refractivity contribution in [3.63, 3.8) is 0 Å². The van der Waals surface area contributed by atoms with Crippen LogP contribution in [0.25, 0.3) is 0 Å². The van der Waals surface area contributed by atoms with Gasteiger partial charge in [-0.2, -0.15) is 0 Å². The highest BCUT2D eigenvalue weighted by Crippen LogP contribution is 2.16. The number of benzene rings is 1. The van der Waals surface area contributed by atoms with Gasteiger partial charge in [-0.15, -0.1) is 0 Å². The maximum Gasteiger partial charge on any atom is 0.325 e. The molecule has 126 valence electrons. The standard InChI is InChI=1S/C17H25N3O3/c1-11-6-7-15(12(2)9-11)18-17(23)19-16(22)13(3)20-8-4-5-14(21)10-20/h6-7,9,13-14,21H,4-5,8,10H2,1-3H3,(H2,18,19,22,23). The summed E-state index contributed by atoms with van der Waals surface area (Å²) in [4.78, 5) is 26.1. The topological polar surface area (TPSA) is 81.7 Å². The minimum Gasteiger partial charge on any atom is -0.392 e. The van der Waals surface area contributed by atoms with E-state index >= 15 is 0 Å². The Hall–Kier alpha value is -1.92. The molecule has 1 saturated heterocycles. The summed E-state index contributed by atoms with van der Waals surface area (Å²) in [7, 11) is 0. The molecule has 2 atom stereocenters. The Kier molecular flexibility index (Phi) is 5.74. The van der Waals surface area contributed by atoms with Crippen LogP contribution in [-0.2, 0) is 4.79 Å². The molecule has 1 aliphatic rings. The Labute approximate surface area is 136 Å². The highest BCUT2D eigenvalue weighted by molar-refractivity contribution is 6.03. The number of rotatable bonds is 3. The minimum absolute atomic E-state index is 0.360. The molecule has 0 spiro atoms. The van der Waals surface area contributed by atoms with Crippen LogP contribution in [0.1, 0.15) is 30.9 Å². The Balaban J connectivity index is 1.90. The Morgan fingerprint density at radius 3 is 2.74 bits per heavy atom. The number of hydrogen-bond acceptors (Lipinski definition) is 4. The summed E-state index contributed by atoms with van der Waals surface area (Å²) in [6.45, 7) is 6.85. The van der Waals surface area contributed by atoms with Crippen molar-refractivity contribution in [2.75, 3.05) is 18.4 Å². The van der Waals surface area contributed by atoms with Crippen LogP contribution in [0.2, 0.25) is 0 Å². The van der Waals surface area contributed by atoms with Crippen molar-refractivity contribution in [3.8, 4) is 0 Å². The average Bonchev–Trinajstić information content (AvgIpc) is 2.49. The molecule has 1 aromatic carbocycles. The summed E-state index contributed by atoms with van der Waals surface area (Å²) in [5.74, 6) is -0.360. The lowest BCUT2D eigenvalue weighted by molar-refractivity contribution is -0.125. The fraction of sp³-hybridized carbons (Fsp3) is 0.529.